The Hall–Kier alpha value is -1.05. The molecule has 0 saturated heterocycles. The second kappa shape index (κ2) is 12.9. The van der Waals surface area contributed by atoms with Crippen molar-refractivity contribution in [2.24, 2.45) is 0 Å². The van der Waals surface area contributed by atoms with Crippen molar-refractivity contribution >= 4 is 0 Å². The summed E-state index contributed by atoms with van der Waals surface area (Å²) in [7, 11) is 0. The van der Waals surface area contributed by atoms with E-state index in [9.17, 15) is 4.39 Å². The normalized spacial score (nSPS) is 7.87. The summed E-state index contributed by atoms with van der Waals surface area (Å²) in [5.74, 6) is 0.502. The third-order valence-corrected chi connectivity index (χ3v) is 1.29. The molecular weight excluding hydrogens is 191 g/mol. The topological polar surface area (TPSA) is 9.23 Å². The predicted molar refractivity (Wildman–Crippen MR) is 64.9 cm³/mol. The minimum absolute atomic E-state index is 0.228. The van der Waals surface area contributed by atoms with E-state index in [1.807, 2.05) is 34.6 Å². The summed E-state index contributed by atoms with van der Waals surface area (Å²) >= 11 is 0. The van der Waals surface area contributed by atoms with Gasteiger partial charge in [0.05, 0.1) is 6.61 Å². The van der Waals surface area contributed by atoms with Crippen LogP contribution in [-0.4, -0.2) is 6.61 Å². The van der Waals surface area contributed by atoms with Crippen molar-refractivity contribution in [2.75, 3.05) is 6.61 Å². The molecule has 0 radical (unpaired) electrons. The lowest BCUT2D eigenvalue weighted by molar-refractivity contribution is 0.317. The van der Waals surface area contributed by atoms with Gasteiger partial charge in [0.1, 0.15) is 11.6 Å². The van der Waals surface area contributed by atoms with Crippen LogP contribution in [0, 0.1) is 5.82 Å². The predicted octanol–water partition coefficient (Wildman–Crippen LogP) is 4.67. The van der Waals surface area contributed by atoms with Gasteiger partial charge in [0, 0.05) is 0 Å². The molecule has 0 aliphatic carbocycles. The average molecular weight is 214 g/mol. The third kappa shape index (κ3) is 9.26. The maximum Gasteiger partial charge on any atom is 0.123 e. The van der Waals surface area contributed by atoms with Gasteiger partial charge in [0.2, 0.25) is 0 Å². The Balaban J connectivity index is 0. The van der Waals surface area contributed by atoms with E-state index >= 15 is 0 Å². The van der Waals surface area contributed by atoms with Crippen LogP contribution in [0.4, 0.5) is 4.39 Å². The Morgan fingerprint density at radius 3 is 1.87 bits per heavy atom. The molecule has 0 heterocycles. The molecule has 0 atom stereocenters. The van der Waals surface area contributed by atoms with Crippen LogP contribution >= 0.6 is 0 Å². The minimum atomic E-state index is -0.228. The zero-order valence-electron chi connectivity index (χ0n) is 10.5. The van der Waals surface area contributed by atoms with Crippen molar-refractivity contribution in [3.63, 3.8) is 0 Å². The van der Waals surface area contributed by atoms with Gasteiger partial charge in [0.15, 0.2) is 0 Å². The molecule has 15 heavy (non-hydrogen) atoms. The molecule has 2 heteroatoms. The summed E-state index contributed by atoms with van der Waals surface area (Å²) in [4.78, 5) is 0. The van der Waals surface area contributed by atoms with Gasteiger partial charge >= 0.3 is 0 Å². The molecule has 0 N–H and O–H groups in total. The first kappa shape index (κ1) is 16.4. The highest BCUT2D eigenvalue weighted by Crippen LogP contribution is 2.10. The first-order valence-electron chi connectivity index (χ1n) is 5.71. The van der Waals surface area contributed by atoms with Gasteiger partial charge in [-0.25, -0.2) is 4.39 Å². The quantitative estimate of drug-likeness (QED) is 0.710. The molecule has 0 amide bonds. The number of benzene rings is 1. The van der Waals surface area contributed by atoms with Crippen molar-refractivity contribution in [3.05, 3.63) is 30.1 Å². The molecule has 1 nitrogen and oxygen atoms in total. The molecule has 88 valence electrons. The molecule has 1 rings (SSSR count). The molecule has 0 aromatic heterocycles. The van der Waals surface area contributed by atoms with E-state index in [1.54, 1.807) is 12.1 Å². The smallest absolute Gasteiger partial charge is 0.123 e. The molecule has 0 spiro atoms. The van der Waals surface area contributed by atoms with E-state index < -0.39 is 0 Å². The lowest BCUT2D eigenvalue weighted by Gasteiger charge is -2.02. The minimum Gasteiger partial charge on any atom is -0.494 e. The molecule has 0 aliphatic rings. The highest BCUT2D eigenvalue weighted by molar-refractivity contribution is 5.21. The highest BCUT2D eigenvalue weighted by atomic mass is 19.1. The molecule has 0 bridgehead atoms. The lowest BCUT2D eigenvalue weighted by Crippen LogP contribution is -1.94. The summed E-state index contributed by atoms with van der Waals surface area (Å²) in [5, 5.41) is 0. The summed E-state index contributed by atoms with van der Waals surface area (Å²) in [5.41, 5.74) is 0. The van der Waals surface area contributed by atoms with Gasteiger partial charge in [0.25, 0.3) is 0 Å². The van der Waals surface area contributed by atoms with E-state index in [0.29, 0.717) is 6.61 Å². The van der Waals surface area contributed by atoms with Crippen LogP contribution in [0.5, 0.6) is 5.75 Å². The zero-order valence-corrected chi connectivity index (χ0v) is 10.5. The van der Waals surface area contributed by atoms with Gasteiger partial charge in [-0.1, -0.05) is 34.6 Å². The Bertz CT molecular complexity index is 206. The molecule has 0 saturated carbocycles. The highest BCUT2D eigenvalue weighted by Gasteiger charge is 1.91. The fraction of sp³-hybridized carbons (Fsp3) is 0.538. The molecule has 0 unspecified atom stereocenters. The number of rotatable bonds is 3. The van der Waals surface area contributed by atoms with Crippen LogP contribution in [0.2, 0.25) is 0 Å². The zero-order chi connectivity index (χ0) is 12.1. The van der Waals surface area contributed by atoms with E-state index in [2.05, 4.69) is 0 Å². The van der Waals surface area contributed by atoms with Crippen molar-refractivity contribution in [1.82, 2.24) is 0 Å². The second-order valence-electron chi connectivity index (χ2n) is 2.30. The largest absolute Gasteiger partial charge is 0.494 e. The second-order valence-corrected chi connectivity index (χ2v) is 2.30. The number of halogens is 1. The van der Waals surface area contributed by atoms with Crippen LogP contribution in [-0.2, 0) is 0 Å². The summed E-state index contributed by atoms with van der Waals surface area (Å²) in [6.45, 7) is 10.7. The van der Waals surface area contributed by atoms with Gasteiger partial charge in [-0.05, 0) is 30.7 Å². The van der Waals surface area contributed by atoms with E-state index in [0.717, 1.165) is 12.2 Å². The maximum atomic E-state index is 12.4. The van der Waals surface area contributed by atoms with Crippen molar-refractivity contribution in [3.8, 4) is 5.75 Å². The molecular formula is C13H23FO. The van der Waals surface area contributed by atoms with E-state index in [1.165, 1.54) is 12.1 Å². The standard InChI is InChI=1S/C9H11FO.2C2H6/c1-2-7-11-9-5-3-8(10)4-6-9;2*1-2/h3-6H,2,7H2,1H3;2*1-2H3. The summed E-state index contributed by atoms with van der Waals surface area (Å²) in [6, 6.07) is 6.05. The van der Waals surface area contributed by atoms with E-state index in [4.69, 9.17) is 4.74 Å². The monoisotopic (exact) mass is 214 g/mol. The maximum absolute atomic E-state index is 12.4. The van der Waals surface area contributed by atoms with Crippen LogP contribution < -0.4 is 4.74 Å². The van der Waals surface area contributed by atoms with Gasteiger partial charge in [-0.15, -0.1) is 0 Å². The van der Waals surface area contributed by atoms with E-state index in [-0.39, 0.29) is 5.82 Å². The number of ether oxygens (including phenoxy) is 1. The van der Waals surface area contributed by atoms with Gasteiger partial charge in [-0.2, -0.15) is 0 Å². The van der Waals surface area contributed by atoms with Gasteiger partial charge in [-0.3, -0.25) is 0 Å². The summed E-state index contributed by atoms with van der Waals surface area (Å²) in [6.07, 6.45) is 0.970. The van der Waals surface area contributed by atoms with Crippen molar-refractivity contribution in [2.45, 2.75) is 41.0 Å². The lowest BCUT2D eigenvalue weighted by atomic mass is 10.3. The molecule has 0 aliphatic heterocycles. The van der Waals surface area contributed by atoms with Crippen molar-refractivity contribution in [1.29, 1.82) is 0 Å². The third-order valence-electron chi connectivity index (χ3n) is 1.29. The van der Waals surface area contributed by atoms with Crippen LogP contribution in [0.15, 0.2) is 24.3 Å². The van der Waals surface area contributed by atoms with Crippen LogP contribution in [0.25, 0.3) is 0 Å². The molecule has 1 aromatic rings. The fourth-order valence-electron chi connectivity index (χ4n) is 0.751. The Morgan fingerprint density at radius 2 is 1.47 bits per heavy atom. The van der Waals surface area contributed by atoms with Gasteiger partial charge < -0.3 is 4.74 Å². The first-order valence-corrected chi connectivity index (χ1v) is 5.71. The first-order chi connectivity index (χ1) is 7.33. The van der Waals surface area contributed by atoms with Crippen molar-refractivity contribution < 1.29 is 9.13 Å². The molecule has 1 aromatic carbocycles. The Labute approximate surface area is 93.3 Å². The SMILES string of the molecule is CC.CC.CCCOc1ccc(F)cc1. The van der Waals surface area contributed by atoms with Crippen LogP contribution in [0.3, 0.4) is 0 Å². The number of hydrogen-bond donors (Lipinski definition) is 0. The average Bonchev–Trinajstić information content (AvgIpc) is 2.34. The Kier molecular flexibility index (Phi) is 14.1. The Morgan fingerprint density at radius 1 is 1.00 bits per heavy atom. The fourth-order valence-corrected chi connectivity index (χ4v) is 0.751. The molecule has 0 fully saturated rings. The van der Waals surface area contributed by atoms with Crippen LogP contribution in [0.1, 0.15) is 41.0 Å². The summed E-state index contributed by atoms with van der Waals surface area (Å²) < 4.78 is 17.6. The number of hydrogen-bond acceptors (Lipinski definition) is 1.